The molecule has 6 nitrogen and oxygen atoms in total. The van der Waals surface area contributed by atoms with Crippen molar-refractivity contribution in [2.75, 3.05) is 0 Å². The van der Waals surface area contributed by atoms with E-state index in [2.05, 4.69) is 87.8 Å². The predicted octanol–water partition coefficient (Wildman–Crippen LogP) is 6.61. The molecular formula is C32H35BrN6. The van der Waals surface area contributed by atoms with Crippen molar-refractivity contribution in [1.29, 1.82) is 0 Å². The second kappa shape index (κ2) is 12.6. The minimum atomic E-state index is 0. The smallest absolute Gasteiger partial charge is 0.121 e. The molecule has 1 unspecified atom stereocenters. The molecular weight excluding hydrogens is 548 g/mol. The second-order valence-corrected chi connectivity index (χ2v) is 10.2. The molecule has 0 bridgehead atoms. The van der Waals surface area contributed by atoms with Crippen LogP contribution >= 0.6 is 17.0 Å². The number of aromatic nitrogens is 4. The molecule has 39 heavy (non-hydrogen) atoms. The summed E-state index contributed by atoms with van der Waals surface area (Å²) in [6.07, 6.45) is 7.18. The van der Waals surface area contributed by atoms with Crippen molar-refractivity contribution in [2.45, 2.75) is 58.4 Å². The van der Waals surface area contributed by atoms with Crippen LogP contribution in [-0.4, -0.2) is 24.8 Å². The number of para-hydroxylation sites is 2. The Morgan fingerprint density at radius 2 is 1.67 bits per heavy atom. The summed E-state index contributed by atoms with van der Waals surface area (Å²) in [4.78, 5) is 20.2. The molecule has 0 amide bonds. The van der Waals surface area contributed by atoms with E-state index < -0.39 is 0 Å². The minimum Gasteiger partial charge on any atom is -0.341 e. The zero-order valence-corrected chi connectivity index (χ0v) is 24.0. The first kappa shape index (κ1) is 27.2. The zero-order valence-electron chi connectivity index (χ0n) is 22.3. The normalized spacial score (nSPS) is 14.8. The van der Waals surface area contributed by atoms with E-state index >= 15 is 0 Å². The predicted molar refractivity (Wildman–Crippen MR) is 162 cm³/mol. The SMILES string of the molecule is Br.Cc1ncccc1CNCc1ccc(CN(Cc2nc3ccccc3[nH]2)C2CCCc3cccnc32)cc1. The van der Waals surface area contributed by atoms with Crippen LogP contribution < -0.4 is 5.32 Å². The summed E-state index contributed by atoms with van der Waals surface area (Å²) in [5.41, 5.74) is 9.61. The number of pyridine rings is 2. The number of nitrogens with one attached hydrogen (secondary N) is 2. The van der Waals surface area contributed by atoms with Crippen LogP contribution in [0, 0.1) is 6.92 Å². The maximum absolute atomic E-state index is 4.89. The molecule has 3 heterocycles. The number of imidazole rings is 1. The van der Waals surface area contributed by atoms with Gasteiger partial charge in [0.2, 0.25) is 0 Å². The van der Waals surface area contributed by atoms with E-state index in [9.17, 15) is 0 Å². The van der Waals surface area contributed by atoms with Crippen molar-refractivity contribution in [3.05, 3.63) is 125 Å². The molecule has 6 rings (SSSR count). The number of H-pyrrole nitrogens is 1. The van der Waals surface area contributed by atoms with Gasteiger partial charge >= 0.3 is 0 Å². The van der Waals surface area contributed by atoms with Crippen molar-refractivity contribution in [3.63, 3.8) is 0 Å². The quantitative estimate of drug-likeness (QED) is 0.205. The highest BCUT2D eigenvalue weighted by Crippen LogP contribution is 2.34. The van der Waals surface area contributed by atoms with Crippen molar-refractivity contribution in [2.24, 2.45) is 0 Å². The van der Waals surface area contributed by atoms with Gasteiger partial charge in [-0.25, -0.2) is 4.98 Å². The highest BCUT2D eigenvalue weighted by molar-refractivity contribution is 8.93. The van der Waals surface area contributed by atoms with Gasteiger partial charge in [-0.05, 0) is 72.7 Å². The third-order valence-corrected chi connectivity index (χ3v) is 7.57. The summed E-state index contributed by atoms with van der Waals surface area (Å²) in [5, 5.41) is 3.56. The fourth-order valence-corrected chi connectivity index (χ4v) is 5.53. The maximum atomic E-state index is 4.89. The average molecular weight is 584 g/mol. The Balaban J connectivity index is 0.00000308. The summed E-state index contributed by atoms with van der Waals surface area (Å²) >= 11 is 0. The lowest BCUT2D eigenvalue weighted by molar-refractivity contribution is 0.153. The molecule has 0 saturated heterocycles. The van der Waals surface area contributed by atoms with E-state index in [1.165, 1.54) is 34.4 Å². The number of rotatable bonds is 9. The maximum Gasteiger partial charge on any atom is 0.121 e. The van der Waals surface area contributed by atoms with Crippen molar-refractivity contribution in [3.8, 4) is 0 Å². The van der Waals surface area contributed by atoms with Gasteiger partial charge in [0.15, 0.2) is 0 Å². The fourth-order valence-electron chi connectivity index (χ4n) is 5.53. The molecule has 3 aromatic heterocycles. The van der Waals surface area contributed by atoms with Crippen LogP contribution in [0.5, 0.6) is 0 Å². The average Bonchev–Trinajstić information content (AvgIpc) is 3.37. The Bertz CT molecular complexity index is 1480. The molecule has 0 radical (unpaired) electrons. The van der Waals surface area contributed by atoms with Crippen LogP contribution in [0.2, 0.25) is 0 Å². The number of benzene rings is 2. The van der Waals surface area contributed by atoms with Gasteiger partial charge in [0, 0.05) is 37.7 Å². The monoisotopic (exact) mass is 582 g/mol. The topological polar surface area (TPSA) is 69.7 Å². The van der Waals surface area contributed by atoms with Crippen LogP contribution in [-0.2, 0) is 32.6 Å². The van der Waals surface area contributed by atoms with Crippen LogP contribution in [0.3, 0.4) is 0 Å². The summed E-state index contributed by atoms with van der Waals surface area (Å²) in [7, 11) is 0. The number of nitrogens with zero attached hydrogens (tertiary/aromatic N) is 4. The Hall–Kier alpha value is -3.39. The van der Waals surface area contributed by atoms with Crippen molar-refractivity contribution in [1.82, 2.24) is 30.2 Å². The van der Waals surface area contributed by atoms with Gasteiger partial charge in [0.05, 0.1) is 29.3 Å². The highest BCUT2D eigenvalue weighted by atomic mass is 79.9. The van der Waals surface area contributed by atoms with E-state index in [1.54, 1.807) is 0 Å². The molecule has 0 aliphatic heterocycles. The lowest BCUT2D eigenvalue weighted by Crippen LogP contribution is -2.31. The lowest BCUT2D eigenvalue weighted by Gasteiger charge is -2.34. The zero-order chi connectivity index (χ0) is 25.7. The first-order chi connectivity index (χ1) is 18.7. The molecule has 200 valence electrons. The summed E-state index contributed by atoms with van der Waals surface area (Å²) in [6, 6.07) is 26.0. The first-order valence-electron chi connectivity index (χ1n) is 13.5. The number of fused-ring (bicyclic) bond motifs is 2. The van der Waals surface area contributed by atoms with Gasteiger partial charge in [-0.15, -0.1) is 17.0 Å². The number of aromatic amines is 1. The van der Waals surface area contributed by atoms with Crippen molar-refractivity contribution >= 4 is 28.0 Å². The number of halogens is 1. The van der Waals surface area contributed by atoms with Gasteiger partial charge < -0.3 is 10.3 Å². The minimum absolute atomic E-state index is 0. The van der Waals surface area contributed by atoms with E-state index in [0.717, 1.165) is 61.6 Å². The highest BCUT2D eigenvalue weighted by Gasteiger charge is 2.28. The van der Waals surface area contributed by atoms with E-state index in [1.807, 2.05) is 24.5 Å². The van der Waals surface area contributed by atoms with E-state index in [-0.39, 0.29) is 23.0 Å². The summed E-state index contributed by atoms with van der Waals surface area (Å²) in [5.74, 6) is 1.00. The molecule has 5 aromatic rings. The molecule has 1 atom stereocenters. The largest absolute Gasteiger partial charge is 0.341 e. The number of hydrogen-bond donors (Lipinski definition) is 2. The standard InChI is InChI=1S/C32H34N6.BrH/c1-23-27(9-6-17-34-23)20-33-19-24-13-15-25(16-14-24)21-38(22-31-36-28-10-2-3-11-29(28)37-31)30-12-4-7-26-8-5-18-35-32(26)30;/h2-3,5-6,8-11,13-18,30,33H,4,7,12,19-22H2,1H3,(H,36,37);1H. The Morgan fingerprint density at radius 3 is 2.51 bits per heavy atom. The third kappa shape index (κ3) is 6.44. The van der Waals surface area contributed by atoms with Gasteiger partial charge in [0.25, 0.3) is 0 Å². The molecule has 1 aliphatic carbocycles. The molecule has 0 saturated carbocycles. The molecule has 2 aromatic carbocycles. The Kier molecular flexibility index (Phi) is 8.81. The van der Waals surface area contributed by atoms with Crippen LogP contribution in [0.15, 0.2) is 85.2 Å². The van der Waals surface area contributed by atoms with Gasteiger partial charge in [0.1, 0.15) is 5.82 Å². The summed E-state index contributed by atoms with van der Waals surface area (Å²) in [6.45, 7) is 5.31. The van der Waals surface area contributed by atoms with E-state index in [0.29, 0.717) is 0 Å². The van der Waals surface area contributed by atoms with Crippen molar-refractivity contribution < 1.29 is 0 Å². The third-order valence-electron chi connectivity index (χ3n) is 7.57. The van der Waals surface area contributed by atoms with Gasteiger partial charge in [-0.1, -0.05) is 48.5 Å². The molecule has 1 aliphatic rings. The molecule has 2 N–H and O–H groups in total. The van der Waals surface area contributed by atoms with Crippen LogP contribution in [0.1, 0.15) is 58.3 Å². The van der Waals surface area contributed by atoms with Gasteiger partial charge in [-0.2, -0.15) is 0 Å². The van der Waals surface area contributed by atoms with Crippen LogP contribution in [0.4, 0.5) is 0 Å². The Morgan fingerprint density at radius 1 is 0.872 bits per heavy atom. The second-order valence-electron chi connectivity index (χ2n) is 10.2. The molecule has 7 heteroatoms. The summed E-state index contributed by atoms with van der Waals surface area (Å²) < 4.78 is 0. The van der Waals surface area contributed by atoms with Gasteiger partial charge in [-0.3, -0.25) is 14.9 Å². The fraction of sp³-hybridized carbons (Fsp3) is 0.281. The molecule has 0 fully saturated rings. The lowest BCUT2D eigenvalue weighted by atomic mass is 9.90. The Labute approximate surface area is 240 Å². The number of aryl methyl sites for hydroxylation is 2. The van der Waals surface area contributed by atoms with Crippen LogP contribution in [0.25, 0.3) is 11.0 Å². The van der Waals surface area contributed by atoms with E-state index in [4.69, 9.17) is 9.97 Å². The molecule has 0 spiro atoms. The number of hydrogen-bond acceptors (Lipinski definition) is 5. The first-order valence-corrected chi connectivity index (χ1v) is 13.5.